The van der Waals surface area contributed by atoms with E-state index in [2.05, 4.69) is 9.97 Å². The number of methoxy groups -OCH3 is 1. The van der Waals surface area contributed by atoms with Crippen LogP contribution in [0, 0.1) is 0 Å². The lowest BCUT2D eigenvalue weighted by atomic mass is 10.0. The van der Waals surface area contributed by atoms with Crippen molar-refractivity contribution >= 4 is 34.4 Å². The van der Waals surface area contributed by atoms with Crippen molar-refractivity contribution in [3.63, 3.8) is 0 Å². The molecule has 0 unspecified atom stereocenters. The minimum absolute atomic E-state index is 0.0894. The van der Waals surface area contributed by atoms with Gasteiger partial charge >= 0.3 is 0 Å². The van der Waals surface area contributed by atoms with Crippen LogP contribution in [0.25, 0.3) is 11.0 Å². The van der Waals surface area contributed by atoms with Crippen molar-refractivity contribution in [1.29, 1.82) is 0 Å². The van der Waals surface area contributed by atoms with E-state index in [0.717, 1.165) is 58.3 Å². The van der Waals surface area contributed by atoms with Gasteiger partial charge in [0.15, 0.2) is 5.16 Å². The molecule has 1 N–H and O–H groups in total. The minimum atomic E-state index is 0.0894. The molecule has 6 nitrogen and oxygen atoms in total. The van der Waals surface area contributed by atoms with E-state index < -0.39 is 0 Å². The molecule has 0 saturated carbocycles. The van der Waals surface area contributed by atoms with Crippen LogP contribution in [-0.4, -0.2) is 41.9 Å². The Morgan fingerprint density at radius 1 is 1.25 bits per heavy atom. The SMILES string of the molecule is CCOc1ccc2nc(SCC(=O)N3CCCc4cc(OC)ccc43)[nH]c2c1. The Hall–Kier alpha value is -2.67. The number of nitrogens with zero attached hydrogens (tertiary/aromatic N) is 2. The number of fused-ring (bicyclic) bond motifs is 2. The average Bonchev–Trinajstić information content (AvgIpc) is 3.13. The van der Waals surface area contributed by atoms with Crippen molar-refractivity contribution < 1.29 is 14.3 Å². The van der Waals surface area contributed by atoms with Crippen LogP contribution in [0.4, 0.5) is 5.69 Å². The van der Waals surface area contributed by atoms with Gasteiger partial charge in [0.05, 0.1) is 30.5 Å². The first-order valence-corrected chi connectivity index (χ1v) is 10.4. The van der Waals surface area contributed by atoms with Crippen LogP contribution in [-0.2, 0) is 11.2 Å². The highest BCUT2D eigenvalue weighted by Gasteiger charge is 2.23. The number of imidazole rings is 1. The zero-order valence-corrected chi connectivity index (χ0v) is 16.8. The molecule has 1 aliphatic rings. The summed E-state index contributed by atoms with van der Waals surface area (Å²) in [6, 6.07) is 11.7. The molecular weight excluding hydrogens is 374 g/mol. The Labute approximate surface area is 168 Å². The Bertz CT molecular complexity index is 1000. The average molecular weight is 398 g/mol. The highest BCUT2D eigenvalue weighted by Crippen LogP contribution is 2.31. The molecule has 0 saturated heterocycles. The maximum Gasteiger partial charge on any atom is 0.237 e. The normalized spacial score (nSPS) is 13.4. The molecule has 0 atom stereocenters. The second-order valence-corrected chi connectivity index (χ2v) is 7.55. The maximum atomic E-state index is 12.9. The van der Waals surface area contributed by atoms with E-state index in [1.54, 1.807) is 7.11 Å². The Balaban J connectivity index is 1.46. The second kappa shape index (κ2) is 8.14. The lowest BCUT2D eigenvalue weighted by Crippen LogP contribution is -2.36. The first kappa shape index (κ1) is 18.7. The third-order valence-electron chi connectivity index (χ3n) is 4.78. The minimum Gasteiger partial charge on any atom is -0.497 e. The number of hydrogen-bond donors (Lipinski definition) is 1. The molecule has 3 aromatic rings. The van der Waals surface area contributed by atoms with E-state index in [1.165, 1.54) is 11.8 Å². The van der Waals surface area contributed by atoms with Crippen LogP contribution in [0.5, 0.6) is 11.5 Å². The maximum absolute atomic E-state index is 12.9. The zero-order chi connectivity index (χ0) is 19.5. The van der Waals surface area contributed by atoms with E-state index in [1.807, 2.05) is 48.2 Å². The molecule has 0 radical (unpaired) electrons. The molecule has 28 heavy (non-hydrogen) atoms. The van der Waals surface area contributed by atoms with Gasteiger partial charge in [-0.25, -0.2) is 4.98 Å². The van der Waals surface area contributed by atoms with Crippen LogP contribution >= 0.6 is 11.8 Å². The van der Waals surface area contributed by atoms with Gasteiger partial charge in [-0.1, -0.05) is 11.8 Å². The van der Waals surface area contributed by atoms with Crippen molar-refractivity contribution in [2.45, 2.75) is 24.9 Å². The Kier molecular flexibility index (Phi) is 5.43. The predicted molar refractivity (Wildman–Crippen MR) is 112 cm³/mol. The molecule has 0 aliphatic carbocycles. The molecule has 1 aliphatic heterocycles. The third kappa shape index (κ3) is 3.80. The fourth-order valence-corrected chi connectivity index (χ4v) is 4.22. The van der Waals surface area contributed by atoms with Crippen LogP contribution < -0.4 is 14.4 Å². The number of anilines is 1. The topological polar surface area (TPSA) is 67.4 Å². The molecule has 1 amide bonds. The van der Waals surface area contributed by atoms with Gasteiger partial charge in [0.25, 0.3) is 0 Å². The van der Waals surface area contributed by atoms with E-state index in [9.17, 15) is 4.79 Å². The quantitative estimate of drug-likeness (QED) is 0.636. The van der Waals surface area contributed by atoms with Crippen LogP contribution in [0.15, 0.2) is 41.6 Å². The lowest BCUT2D eigenvalue weighted by molar-refractivity contribution is -0.116. The number of ether oxygens (including phenoxy) is 2. The zero-order valence-electron chi connectivity index (χ0n) is 16.0. The van der Waals surface area contributed by atoms with Gasteiger partial charge in [0, 0.05) is 18.3 Å². The smallest absolute Gasteiger partial charge is 0.237 e. The molecule has 4 rings (SSSR count). The second-order valence-electron chi connectivity index (χ2n) is 6.59. The molecule has 0 fully saturated rings. The number of aromatic amines is 1. The summed E-state index contributed by atoms with van der Waals surface area (Å²) in [4.78, 5) is 22.6. The molecule has 1 aromatic heterocycles. The first-order chi connectivity index (χ1) is 13.7. The number of amides is 1. The summed E-state index contributed by atoms with van der Waals surface area (Å²) in [6.07, 6.45) is 1.93. The fourth-order valence-electron chi connectivity index (χ4n) is 3.46. The van der Waals surface area contributed by atoms with E-state index in [0.29, 0.717) is 12.4 Å². The largest absolute Gasteiger partial charge is 0.497 e. The summed E-state index contributed by atoms with van der Waals surface area (Å²) in [5, 5.41) is 0.740. The molecule has 2 aromatic carbocycles. The number of nitrogens with one attached hydrogen (secondary N) is 1. The number of hydrogen-bond acceptors (Lipinski definition) is 5. The van der Waals surface area contributed by atoms with Crippen molar-refractivity contribution in [2.75, 3.05) is 30.9 Å². The number of thioether (sulfide) groups is 1. The van der Waals surface area contributed by atoms with Crippen molar-refractivity contribution in [1.82, 2.24) is 9.97 Å². The third-order valence-corrected chi connectivity index (χ3v) is 5.64. The fraction of sp³-hybridized carbons (Fsp3) is 0.333. The van der Waals surface area contributed by atoms with E-state index >= 15 is 0 Å². The highest BCUT2D eigenvalue weighted by molar-refractivity contribution is 7.99. The van der Waals surface area contributed by atoms with E-state index in [4.69, 9.17) is 9.47 Å². The summed E-state index contributed by atoms with van der Waals surface area (Å²) in [5.74, 6) is 2.07. The number of H-pyrrole nitrogens is 1. The summed E-state index contributed by atoms with van der Waals surface area (Å²) in [6.45, 7) is 3.33. The van der Waals surface area contributed by atoms with Gasteiger partial charge in [-0.2, -0.15) is 0 Å². The Morgan fingerprint density at radius 3 is 2.93 bits per heavy atom. The molecule has 7 heteroatoms. The number of carbonyl (C=O) groups excluding carboxylic acids is 1. The summed E-state index contributed by atoms with van der Waals surface area (Å²) in [7, 11) is 1.66. The van der Waals surface area contributed by atoms with Gasteiger partial charge in [-0.3, -0.25) is 4.79 Å². The lowest BCUT2D eigenvalue weighted by Gasteiger charge is -2.29. The number of carbonyl (C=O) groups is 1. The molecular formula is C21H23N3O3S. The van der Waals surface area contributed by atoms with Crippen LogP contribution in [0.3, 0.4) is 0 Å². The number of aryl methyl sites for hydroxylation is 1. The summed E-state index contributed by atoms with van der Waals surface area (Å²) in [5.41, 5.74) is 3.94. The van der Waals surface area contributed by atoms with Gasteiger partial charge < -0.3 is 19.4 Å². The van der Waals surface area contributed by atoms with Gasteiger partial charge in [-0.15, -0.1) is 0 Å². The highest BCUT2D eigenvalue weighted by atomic mass is 32.2. The number of rotatable bonds is 6. The molecule has 0 bridgehead atoms. The van der Waals surface area contributed by atoms with Gasteiger partial charge in [0.1, 0.15) is 11.5 Å². The first-order valence-electron chi connectivity index (χ1n) is 9.40. The van der Waals surface area contributed by atoms with Crippen molar-refractivity contribution in [2.24, 2.45) is 0 Å². The number of aromatic nitrogens is 2. The molecule has 2 heterocycles. The predicted octanol–water partition coefficient (Wildman–Crippen LogP) is 4.04. The standard InChI is InChI=1S/C21H23N3O3S/c1-3-27-16-6-8-17-18(12-16)23-21(22-17)28-13-20(25)24-10-4-5-14-11-15(26-2)7-9-19(14)24/h6-9,11-12H,3-5,10,13H2,1-2H3,(H,22,23). The van der Waals surface area contributed by atoms with Crippen molar-refractivity contribution in [3.8, 4) is 11.5 Å². The Morgan fingerprint density at radius 2 is 2.11 bits per heavy atom. The van der Waals surface area contributed by atoms with Crippen molar-refractivity contribution in [3.05, 3.63) is 42.0 Å². The van der Waals surface area contributed by atoms with Crippen LogP contribution in [0.2, 0.25) is 0 Å². The van der Waals surface area contributed by atoms with E-state index in [-0.39, 0.29) is 5.91 Å². The molecule has 146 valence electrons. The summed E-state index contributed by atoms with van der Waals surface area (Å²) >= 11 is 1.43. The van der Waals surface area contributed by atoms with Gasteiger partial charge in [-0.05, 0) is 55.7 Å². The molecule has 0 spiro atoms. The number of benzene rings is 2. The summed E-state index contributed by atoms with van der Waals surface area (Å²) < 4.78 is 10.8. The van der Waals surface area contributed by atoms with Gasteiger partial charge in [0.2, 0.25) is 5.91 Å². The van der Waals surface area contributed by atoms with Crippen LogP contribution in [0.1, 0.15) is 18.9 Å². The monoisotopic (exact) mass is 397 g/mol.